The second kappa shape index (κ2) is 8.56. The first-order valence-corrected chi connectivity index (χ1v) is 7.17. The molecule has 0 aromatic heterocycles. The molecule has 0 unspecified atom stereocenters. The molecular weight excluding hydrogens is 291 g/mol. The van der Waals surface area contributed by atoms with Crippen LogP contribution in [0.15, 0.2) is 29.8 Å². The zero-order chi connectivity index (χ0) is 12.2. The molecule has 3 rings (SSSR count). The topological polar surface area (TPSA) is 15.3 Å². The number of halogens is 2. The highest BCUT2D eigenvalue weighted by molar-refractivity contribution is 5.85. The van der Waals surface area contributed by atoms with E-state index in [9.17, 15) is 0 Å². The third-order valence-corrected chi connectivity index (χ3v) is 3.98. The van der Waals surface area contributed by atoms with E-state index in [4.69, 9.17) is 0 Å². The van der Waals surface area contributed by atoms with Crippen molar-refractivity contribution in [1.82, 2.24) is 5.32 Å². The van der Waals surface area contributed by atoms with Gasteiger partial charge in [0.25, 0.3) is 0 Å². The maximum atomic E-state index is 3.40. The molecule has 2 nitrogen and oxygen atoms in total. The number of benzene rings is 1. The highest BCUT2D eigenvalue weighted by Gasteiger charge is 2.11. The van der Waals surface area contributed by atoms with E-state index < -0.39 is 0 Å². The Balaban J connectivity index is 0.000001000. The zero-order valence-corrected chi connectivity index (χ0v) is 13.4. The molecule has 2 fully saturated rings. The van der Waals surface area contributed by atoms with Crippen LogP contribution in [0.25, 0.3) is 6.08 Å². The minimum atomic E-state index is 0. The fraction of sp³-hybridized carbons (Fsp3) is 0.500. The third-order valence-electron chi connectivity index (χ3n) is 3.98. The Bertz CT molecular complexity index is 415. The van der Waals surface area contributed by atoms with Crippen LogP contribution in [0.4, 0.5) is 5.69 Å². The van der Waals surface area contributed by atoms with Gasteiger partial charge in [-0.25, -0.2) is 0 Å². The summed E-state index contributed by atoms with van der Waals surface area (Å²) in [4.78, 5) is 2.49. The maximum absolute atomic E-state index is 3.40. The van der Waals surface area contributed by atoms with Gasteiger partial charge in [-0.1, -0.05) is 23.8 Å². The normalized spacial score (nSPS) is 18.2. The number of anilines is 1. The predicted molar refractivity (Wildman–Crippen MR) is 92.5 cm³/mol. The van der Waals surface area contributed by atoms with Crippen LogP contribution >= 0.6 is 24.8 Å². The summed E-state index contributed by atoms with van der Waals surface area (Å²) in [5.74, 6) is 0. The van der Waals surface area contributed by atoms with Gasteiger partial charge in [0.2, 0.25) is 0 Å². The molecule has 2 aliphatic rings. The number of hydrogen-bond donors (Lipinski definition) is 1. The monoisotopic (exact) mass is 314 g/mol. The van der Waals surface area contributed by atoms with Gasteiger partial charge in [0.05, 0.1) is 0 Å². The molecule has 0 aliphatic carbocycles. The first-order valence-electron chi connectivity index (χ1n) is 7.17. The lowest BCUT2D eigenvalue weighted by Gasteiger charge is -2.18. The molecule has 4 heteroatoms. The second-order valence-electron chi connectivity index (χ2n) is 5.34. The highest BCUT2D eigenvalue weighted by atomic mass is 35.5. The highest BCUT2D eigenvalue weighted by Crippen LogP contribution is 2.22. The van der Waals surface area contributed by atoms with E-state index in [0.717, 1.165) is 13.1 Å². The van der Waals surface area contributed by atoms with Crippen LogP contribution in [-0.2, 0) is 0 Å². The summed E-state index contributed by atoms with van der Waals surface area (Å²) >= 11 is 0. The Morgan fingerprint density at radius 3 is 2.10 bits per heavy atom. The van der Waals surface area contributed by atoms with Gasteiger partial charge in [0.1, 0.15) is 0 Å². The average Bonchev–Trinajstić information content (AvgIpc) is 2.95. The predicted octanol–water partition coefficient (Wildman–Crippen LogP) is 3.90. The lowest BCUT2D eigenvalue weighted by atomic mass is 10.0. The zero-order valence-electron chi connectivity index (χ0n) is 11.8. The summed E-state index contributed by atoms with van der Waals surface area (Å²) in [5, 5.41) is 3.40. The molecule has 20 heavy (non-hydrogen) atoms. The molecule has 1 aromatic rings. The van der Waals surface area contributed by atoms with Gasteiger partial charge in [-0.2, -0.15) is 0 Å². The second-order valence-corrected chi connectivity index (χ2v) is 5.34. The van der Waals surface area contributed by atoms with Gasteiger partial charge in [0, 0.05) is 18.8 Å². The van der Waals surface area contributed by atoms with Gasteiger partial charge in [-0.15, -0.1) is 24.8 Å². The molecule has 2 heterocycles. The van der Waals surface area contributed by atoms with Crippen molar-refractivity contribution in [1.29, 1.82) is 0 Å². The molecule has 112 valence electrons. The van der Waals surface area contributed by atoms with Gasteiger partial charge < -0.3 is 10.2 Å². The van der Waals surface area contributed by atoms with Crippen molar-refractivity contribution in [3.8, 4) is 0 Å². The number of piperidine rings is 1. The van der Waals surface area contributed by atoms with Crippen LogP contribution in [0.5, 0.6) is 0 Å². The molecule has 1 aromatic carbocycles. The summed E-state index contributed by atoms with van der Waals surface area (Å²) in [6.07, 6.45) is 7.47. The van der Waals surface area contributed by atoms with E-state index >= 15 is 0 Å². The van der Waals surface area contributed by atoms with Crippen molar-refractivity contribution in [2.75, 3.05) is 31.1 Å². The number of nitrogens with one attached hydrogen (secondary N) is 1. The average molecular weight is 315 g/mol. The van der Waals surface area contributed by atoms with Crippen molar-refractivity contribution in [3.63, 3.8) is 0 Å². The SMILES string of the molecule is C(=C1CCNCC1)c1ccc(N2CCCC2)cc1.Cl.Cl. The summed E-state index contributed by atoms with van der Waals surface area (Å²) in [6, 6.07) is 9.09. The van der Waals surface area contributed by atoms with Crippen LogP contribution in [0.2, 0.25) is 0 Å². The fourth-order valence-electron chi connectivity index (χ4n) is 2.88. The van der Waals surface area contributed by atoms with Gasteiger partial charge in [-0.05, 0) is 56.5 Å². The quantitative estimate of drug-likeness (QED) is 0.890. The Kier molecular flexibility index (Phi) is 7.42. The lowest BCUT2D eigenvalue weighted by Crippen LogP contribution is -2.22. The van der Waals surface area contributed by atoms with Crippen molar-refractivity contribution >= 4 is 36.6 Å². The summed E-state index contributed by atoms with van der Waals surface area (Å²) in [6.45, 7) is 4.73. The molecule has 1 N–H and O–H groups in total. The smallest absolute Gasteiger partial charge is 0.0366 e. The summed E-state index contributed by atoms with van der Waals surface area (Å²) in [5.41, 5.74) is 4.33. The third kappa shape index (κ3) is 4.41. The van der Waals surface area contributed by atoms with Crippen LogP contribution in [0.1, 0.15) is 31.2 Å². The molecule has 0 amide bonds. The Morgan fingerprint density at radius 2 is 1.50 bits per heavy atom. The molecule has 0 bridgehead atoms. The van der Waals surface area contributed by atoms with Gasteiger partial charge in [-0.3, -0.25) is 0 Å². The van der Waals surface area contributed by atoms with E-state index in [1.807, 2.05) is 0 Å². The summed E-state index contributed by atoms with van der Waals surface area (Å²) in [7, 11) is 0. The molecular formula is C16H24Cl2N2. The minimum Gasteiger partial charge on any atom is -0.372 e. The van der Waals surface area contributed by atoms with Crippen molar-refractivity contribution in [2.45, 2.75) is 25.7 Å². The first kappa shape index (κ1) is 17.4. The van der Waals surface area contributed by atoms with Crippen molar-refractivity contribution in [2.24, 2.45) is 0 Å². The lowest BCUT2D eigenvalue weighted by molar-refractivity contribution is 0.613. The van der Waals surface area contributed by atoms with E-state index in [0.29, 0.717) is 0 Å². The van der Waals surface area contributed by atoms with Gasteiger partial charge in [0.15, 0.2) is 0 Å². The molecule has 0 spiro atoms. The molecule has 0 atom stereocenters. The van der Waals surface area contributed by atoms with E-state index in [1.165, 1.54) is 50.0 Å². The number of hydrogen-bond acceptors (Lipinski definition) is 2. The van der Waals surface area contributed by atoms with Crippen molar-refractivity contribution in [3.05, 3.63) is 35.4 Å². The van der Waals surface area contributed by atoms with E-state index in [1.54, 1.807) is 5.57 Å². The largest absolute Gasteiger partial charge is 0.372 e. The van der Waals surface area contributed by atoms with Gasteiger partial charge >= 0.3 is 0 Å². The number of rotatable bonds is 2. The Labute approximate surface area is 134 Å². The van der Waals surface area contributed by atoms with Crippen LogP contribution in [0.3, 0.4) is 0 Å². The van der Waals surface area contributed by atoms with Crippen molar-refractivity contribution < 1.29 is 0 Å². The van der Waals surface area contributed by atoms with Crippen LogP contribution in [0, 0.1) is 0 Å². The molecule has 2 saturated heterocycles. The number of nitrogens with zero attached hydrogens (tertiary/aromatic N) is 1. The van der Waals surface area contributed by atoms with E-state index in [-0.39, 0.29) is 24.8 Å². The molecule has 2 aliphatic heterocycles. The minimum absolute atomic E-state index is 0. The molecule has 0 saturated carbocycles. The summed E-state index contributed by atoms with van der Waals surface area (Å²) < 4.78 is 0. The molecule has 0 radical (unpaired) electrons. The fourth-order valence-corrected chi connectivity index (χ4v) is 2.88. The van der Waals surface area contributed by atoms with Crippen LogP contribution in [-0.4, -0.2) is 26.2 Å². The first-order chi connectivity index (χ1) is 8.92. The Morgan fingerprint density at radius 1 is 0.900 bits per heavy atom. The van der Waals surface area contributed by atoms with E-state index in [2.05, 4.69) is 40.6 Å². The van der Waals surface area contributed by atoms with Crippen LogP contribution < -0.4 is 10.2 Å². The standard InChI is InChI=1S/C16H22N2.2ClH/c1-2-12-18(11-1)16-5-3-14(4-6-16)13-15-7-9-17-10-8-15;;/h3-6,13,17H,1-2,7-12H2;2*1H. The Hall–Kier alpha value is -0.700. The maximum Gasteiger partial charge on any atom is 0.0366 e.